The normalized spacial score (nSPS) is 15.7. The summed E-state index contributed by atoms with van der Waals surface area (Å²) < 4.78 is 0. The molecule has 102 valence electrons. The molecular formula is C16H23N3. The van der Waals surface area contributed by atoms with Crippen LogP contribution in [0.15, 0.2) is 18.3 Å². The van der Waals surface area contributed by atoms with E-state index in [4.69, 9.17) is 5.26 Å². The SMILES string of the molecule is CC(C)CCN(c1cc(C#N)ccn1)C1CCCC1. The van der Waals surface area contributed by atoms with Crippen LogP contribution in [-0.2, 0) is 0 Å². The van der Waals surface area contributed by atoms with Gasteiger partial charge >= 0.3 is 0 Å². The van der Waals surface area contributed by atoms with Crippen molar-refractivity contribution in [3.05, 3.63) is 23.9 Å². The maximum atomic E-state index is 9.03. The first kappa shape index (κ1) is 13.9. The molecular weight excluding hydrogens is 234 g/mol. The fraction of sp³-hybridized carbons (Fsp3) is 0.625. The molecule has 2 rings (SSSR count). The molecule has 0 unspecified atom stereocenters. The average Bonchev–Trinajstić information content (AvgIpc) is 2.93. The van der Waals surface area contributed by atoms with E-state index in [9.17, 15) is 0 Å². The monoisotopic (exact) mass is 257 g/mol. The molecule has 19 heavy (non-hydrogen) atoms. The highest BCUT2D eigenvalue weighted by molar-refractivity contribution is 5.46. The fourth-order valence-electron chi connectivity index (χ4n) is 2.74. The molecule has 1 aromatic rings. The quantitative estimate of drug-likeness (QED) is 0.806. The second kappa shape index (κ2) is 6.56. The van der Waals surface area contributed by atoms with E-state index in [0.29, 0.717) is 17.5 Å². The molecule has 3 nitrogen and oxygen atoms in total. The summed E-state index contributed by atoms with van der Waals surface area (Å²) in [6.07, 6.45) is 8.09. The van der Waals surface area contributed by atoms with Crippen LogP contribution in [-0.4, -0.2) is 17.6 Å². The van der Waals surface area contributed by atoms with Crippen LogP contribution >= 0.6 is 0 Å². The maximum Gasteiger partial charge on any atom is 0.130 e. The number of anilines is 1. The zero-order valence-electron chi connectivity index (χ0n) is 12.0. The summed E-state index contributed by atoms with van der Waals surface area (Å²) >= 11 is 0. The van der Waals surface area contributed by atoms with Crippen molar-refractivity contribution in [3.8, 4) is 6.07 Å². The molecule has 0 aromatic carbocycles. The van der Waals surface area contributed by atoms with E-state index in [1.54, 1.807) is 12.3 Å². The number of hydrogen-bond donors (Lipinski definition) is 0. The summed E-state index contributed by atoms with van der Waals surface area (Å²) in [7, 11) is 0. The van der Waals surface area contributed by atoms with Crippen molar-refractivity contribution < 1.29 is 0 Å². The lowest BCUT2D eigenvalue weighted by Crippen LogP contribution is -2.35. The molecule has 1 saturated carbocycles. The molecule has 1 aromatic heterocycles. The first-order valence-corrected chi connectivity index (χ1v) is 7.33. The van der Waals surface area contributed by atoms with Crippen molar-refractivity contribution in [3.63, 3.8) is 0 Å². The molecule has 1 heterocycles. The maximum absolute atomic E-state index is 9.03. The minimum absolute atomic E-state index is 0.611. The van der Waals surface area contributed by atoms with Gasteiger partial charge in [0.15, 0.2) is 0 Å². The summed E-state index contributed by atoms with van der Waals surface area (Å²) in [4.78, 5) is 6.91. The molecule has 0 aliphatic heterocycles. The zero-order valence-corrected chi connectivity index (χ0v) is 12.0. The summed E-state index contributed by atoms with van der Waals surface area (Å²) in [5, 5.41) is 9.03. The van der Waals surface area contributed by atoms with Gasteiger partial charge in [0.2, 0.25) is 0 Å². The van der Waals surface area contributed by atoms with Crippen LogP contribution in [0.4, 0.5) is 5.82 Å². The minimum Gasteiger partial charge on any atom is -0.354 e. The summed E-state index contributed by atoms with van der Waals surface area (Å²) in [5.41, 5.74) is 0.706. The van der Waals surface area contributed by atoms with Crippen molar-refractivity contribution in [1.82, 2.24) is 4.98 Å². The van der Waals surface area contributed by atoms with Gasteiger partial charge in [-0.25, -0.2) is 4.98 Å². The molecule has 1 fully saturated rings. The second-order valence-corrected chi connectivity index (χ2v) is 5.83. The molecule has 0 spiro atoms. The third-order valence-electron chi connectivity index (χ3n) is 3.88. The number of aromatic nitrogens is 1. The zero-order chi connectivity index (χ0) is 13.7. The minimum atomic E-state index is 0.611. The Hall–Kier alpha value is -1.56. The largest absolute Gasteiger partial charge is 0.354 e. The topological polar surface area (TPSA) is 39.9 Å². The second-order valence-electron chi connectivity index (χ2n) is 5.83. The van der Waals surface area contributed by atoms with Gasteiger partial charge in [-0.15, -0.1) is 0 Å². The Kier molecular flexibility index (Phi) is 4.79. The highest BCUT2D eigenvalue weighted by atomic mass is 15.2. The van der Waals surface area contributed by atoms with Crippen molar-refractivity contribution in [1.29, 1.82) is 5.26 Å². The molecule has 1 aliphatic carbocycles. The Morgan fingerprint density at radius 2 is 2.16 bits per heavy atom. The predicted molar refractivity (Wildman–Crippen MR) is 78.0 cm³/mol. The average molecular weight is 257 g/mol. The van der Waals surface area contributed by atoms with Crippen LogP contribution in [0.25, 0.3) is 0 Å². The number of pyridine rings is 1. The van der Waals surface area contributed by atoms with Gasteiger partial charge in [-0.2, -0.15) is 5.26 Å². The number of nitrogens with zero attached hydrogens (tertiary/aromatic N) is 3. The van der Waals surface area contributed by atoms with E-state index in [0.717, 1.165) is 12.4 Å². The highest BCUT2D eigenvalue weighted by Crippen LogP contribution is 2.28. The van der Waals surface area contributed by atoms with Crippen molar-refractivity contribution in [2.24, 2.45) is 5.92 Å². The lowest BCUT2D eigenvalue weighted by atomic mass is 10.1. The predicted octanol–water partition coefficient (Wildman–Crippen LogP) is 3.75. The van der Waals surface area contributed by atoms with Gasteiger partial charge in [0, 0.05) is 18.8 Å². The van der Waals surface area contributed by atoms with Gasteiger partial charge in [-0.3, -0.25) is 0 Å². The van der Waals surface area contributed by atoms with Gasteiger partial charge in [0.1, 0.15) is 5.82 Å². The van der Waals surface area contributed by atoms with Gasteiger partial charge in [0.25, 0.3) is 0 Å². The molecule has 0 saturated heterocycles. The summed E-state index contributed by atoms with van der Waals surface area (Å²) in [5.74, 6) is 1.68. The third kappa shape index (κ3) is 3.70. The van der Waals surface area contributed by atoms with Crippen LogP contribution in [0.2, 0.25) is 0 Å². The van der Waals surface area contributed by atoms with Crippen LogP contribution in [0.1, 0.15) is 51.5 Å². The van der Waals surface area contributed by atoms with Crippen LogP contribution < -0.4 is 4.90 Å². The van der Waals surface area contributed by atoms with Crippen molar-refractivity contribution >= 4 is 5.82 Å². The van der Waals surface area contributed by atoms with E-state index in [1.165, 1.54) is 32.1 Å². The van der Waals surface area contributed by atoms with E-state index >= 15 is 0 Å². The van der Waals surface area contributed by atoms with E-state index < -0.39 is 0 Å². The standard InChI is InChI=1S/C16H23N3/c1-13(2)8-10-19(15-5-3-4-6-15)16-11-14(12-17)7-9-18-16/h7,9,11,13,15H,3-6,8,10H2,1-2H3. The Bertz CT molecular complexity index is 442. The molecule has 0 amide bonds. The molecule has 0 atom stereocenters. The molecule has 0 bridgehead atoms. The molecule has 0 radical (unpaired) electrons. The summed E-state index contributed by atoms with van der Waals surface area (Å²) in [6, 6.07) is 6.53. The van der Waals surface area contributed by atoms with Crippen molar-refractivity contribution in [2.45, 2.75) is 52.0 Å². The van der Waals surface area contributed by atoms with Gasteiger partial charge in [-0.05, 0) is 37.3 Å². The molecule has 1 aliphatic rings. The first-order chi connectivity index (χ1) is 9.20. The number of hydrogen-bond acceptors (Lipinski definition) is 3. The molecule has 3 heteroatoms. The van der Waals surface area contributed by atoms with Crippen LogP contribution in [0.3, 0.4) is 0 Å². The van der Waals surface area contributed by atoms with Gasteiger partial charge in [0.05, 0.1) is 11.6 Å². The van der Waals surface area contributed by atoms with Gasteiger partial charge < -0.3 is 4.90 Å². The van der Waals surface area contributed by atoms with E-state index in [2.05, 4.69) is 29.8 Å². The third-order valence-corrected chi connectivity index (χ3v) is 3.88. The van der Waals surface area contributed by atoms with Crippen LogP contribution in [0.5, 0.6) is 0 Å². The van der Waals surface area contributed by atoms with E-state index in [-0.39, 0.29) is 0 Å². The summed E-state index contributed by atoms with van der Waals surface area (Å²) in [6.45, 7) is 5.56. The Balaban J connectivity index is 2.17. The highest BCUT2D eigenvalue weighted by Gasteiger charge is 2.23. The van der Waals surface area contributed by atoms with E-state index in [1.807, 2.05) is 6.07 Å². The number of rotatable bonds is 5. The Morgan fingerprint density at radius 1 is 1.42 bits per heavy atom. The van der Waals surface area contributed by atoms with Crippen LogP contribution in [0, 0.1) is 17.2 Å². The smallest absolute Gasteiger partial charge is 0.130 e. The molecule has 0 N–H and O–H groups in total. The lowest BCUT2D eigenvalue weighted by Gasteiger charge is -2.30. The Morgan fingerprint density at radius 3 is 2.79 bits per heavy atom. The Labute approximate surface area is 116 Å². The first-order valence-electron chi connectivity index (χ1n) is 7.33. The van der Waals surface area contributed by atoms with Crippen molar-refractivity contribution in [2.75, 3.05) is 11.4 Å². The fourth-order valence-corrected chi connectivity index (χ4v) is 2.74. The number of nitriles is 1. The lowest BCUT2D eigenvalue weighted by molar-refractivity contribution is 0.525. The van der Waals surface area contributed by atoms with Gasteiger partial charge in [-0.1, -0.05) is 26.7 Å².